The SMILES string of the molecule is CCC1(C)CN(c2ccc(N)cc2)C1. The van der Waals surface area contributed by atoms with E-state index in [1.807, 2.05) is 12.1 Å². The van der Waals surface area contributed by atoms with E-state index in [4.69, 9.17) is 5.73 Å². The van der Waals surface area contributed by atoms with Crippen LogP contribution >= 0.6 is 0 Å². The third-order valence-electron chi connectivity index (χ3n) is 3.26. The summed E-state index contributed by atoms with van der Waals surface area (Å²) >= 11 is 0. The molecular formula is C12H18N2. The summed E-state index contributed by atoms with van der Waals surface area (Å²) < 4.78 is 0. The van der Waals surface area contributed by atoms with Gasteiger partial charge >= 0.3 is 0 Å². The van der Waals surface area contributed by atoms with Crippen LogP contribution in [0.1, 0.15) is 20.3 Å². The Morgan fingerprint density at radius 3 is 2.36 bits per heavy atom. The summed E-state index contributed by atoms with van der Waals surface area (Å²) in [5.41, 5.74) is 8.31. The van der Waals surface area contributed by atoms with E-state index >= 15 is 0 Å². The molecule has 1 heterocycles. The zero-order valence-corrected chi connectivity index (χ0v) is 8.96. The fraction of sp³-hybridized carbons (Fsp3) is 0.500. The molecule has 0 saturated carbocycles. The summed E-state index contributed by atoms with van der Waals surface area (Å²) in [6.07, 6.45) is 1.26. The second kappa shape index (κ2) is 3.19. The number of nitrogen functional groups attached to an aromatic ring is 1. The highest BCUT2D eigenvalue weighted by molar-refractivity contribution is 5.55. The Morgan fingerprint density at radius 2 is 1.86 bits per heavy atom. The van der Waals surface area contributed by atoms with Gasteiger partial charge in [-0.3, -0.25) is 0 Å². The molecule has 2 rings (SSSR count). The second-order valence-electron chi connectivity index (χ2n) is 4.61. The fourth-order valence-corrected chi connectivity index (χ4v) is 1.97. The van der Waals surface area contributed by atoms with Gasteiger partial charge in [0.25, 0.3) is 0 Å². The quantitative estimate of drug-likeness (QED) is 0.726. The predicted molar refractivity (Wildman–Crippen MR) is 61.5 cm³/mol. The van der Waals surface area contributed by atoms with Gasteiger partial charge in [0.1, 0.15) is 0 Å². The maximum atomic E-state index is 5.65. The van der Waals surface area contributed by atoms with Gasteiger partial charge in [-0.25, -0.2) is 0 Å². The van der Waals surface area contributed by atoms with Crippen molar-refractivity contribution in [3.8, 4) is 0 Å². The fourth-order valence-electron chi connectivity index (χ4n) is 1.97. The van der Waals surface area contributed by atoms with E-state index in [9.17, 15) is 0 Å². The molecule has 2 nitrogen and oxygen atoms in total. The summed E-state index contributed by atoms with van der Waals surface area (Å²) in [7, 11) is 0. The first kappa shape index (κ1) is 9.38. The van der Waals surface area contributed by atoms with Gasteiger partial charge in [0, 0.05) is 29.9 Å². The predicted octanol–water partition coefficient (Wildman–Crippen LogP) is 2.51. The summed E-state index contributed by atoms with van der Waals surface area (Å²) in [4.78, 5) is 2.41. The van der Waals surface area contributed by atoms with Crippen molar-refractivity contribution in [2.75, 3.05) is 23.7 Å². The van der Waals surface area contributed by atoms with Crippen LogP contribution in [0.3, 0.4) is 0 Å². The van der Waals surface area contributed by atoms with Crippen molar-refractivity contribution < 1.29 is 0 Å². The van der Waals surface area contributed by atoms with Crippen LogP contribution in [0.15, 0.2) is 24.3 Å². The van der Waals surface area contributed by atoms with E-state index in [2.05, 4.69) is 30.9 Å². The summed E-state index contributed by atoms with van der Waals surface area (Å²) in [5.74, 6) is 0. The molecule has 0 aliphatic carbocycles. The summed E-state index contributed by atoms with van der Waals surface area (Å²) in [6, 6.07) is 8.14. The van der Waals surface area contributed by atoms with Crippen molar-refractivity contribution in [1.29, 1.82) is 0 Å². The molecule has 1 fully saturated rings. The van der Waals surface area contributed by atoms with Gasteiger partial charge < -0.3 is 10.6 Å². The van der Waals surface area contributed by atoms with Crippen molar-refractivity contribution in [3.05, 3.63) is 24.3 Å². The lowest BCUT2D eigenvalue weighted by Crippen LogP contribution is -2.54. The molecule has 0 spiro atoms. The van der Waals surface area contributed by atoms with Gasteiger partial charge in [0.15, 0.2) is 0 Å². The van der Waals surface area contributed by atoms with Gasteiger partial charge in [-0.2, -0.15) is 0 Å². The van der Waals surface area contributed by atoms with E-state index in [0.717, 1.165) is 5.69 Å². The topological polar surface area (TPSA) is 29.3 Å². The lowest BCUT2D eigenvalue weighted by molar-refractivity contribution is 0.234. The standard InChI is InChI=1S/C12H18N2/c1-3-12(2)8-14(9-12)11-6-4-10(13)5-7-11/h4-7H,3,8-9,13H2,1-2H3. The maximum absolute atomic E-state index is 5.65. The molecular weight excluding hydrogens is 172 g/mol. The Morgan fingerprint density at radius 1 is 1.29 bits per heavy atom. The monoisotopic (exact) mass is 190 g/mol. The van der Waals surface area contributed by atoms with Crippen LogP contribution < -0.4 is 10.6 Å². The minimum Gasteiger partial charge on any atom is -0.399 e. The van der Waals surface area contributed by atoms with Crippen LogP contribution in [-0.4, -0.2) is 13.1 Å². The first-order valence-electron chi connectivity index (χ1n) is 5.23. The van der Waals surface area contributed by atoms with E-state index in [-0.39, 0.29) is 0 Å². The zero-order chi connectivity index (χ0) is 10.2. The van der Waals surface area contributed by atoms with Crippen molar-refractivity contribution in [1.82, 2.24) is 0 Å². The number of nitrogens with zero attached hydrogens (tertiary/aromatic N) is 1. The van der Waals surface area contributed by atoms with Crippen LogP contribution in [0.2, 0.25) is 0 Å². The molecule has 1 saturated heterocycles. The smallest absolute Gasteiger partial charge is 0.0368 e. The van der Waals surface area contributed by atoms with Crippen LogP contribution in [-0.2, 0) is 0 Å². The zero-order valence-electron chi connectivity index (χ0n) is 8.96. The van der Waals surface area contributed by atoms with Crippen molar-refractivity contribution in [2.45, 2.75) is 20.3 Å². The molecule has 1 aromatic carbocycles. The Hall–Kier alpha value is -1.18. The lowest BCUT2D eigenvalue weighted by Gasteiger charge is -2.49. The average Bonchev–Trinajstić information content (AvgIpc) is 2.15. The van der Waals surface area contributed by atoms with Gasteiger partial charge in [0.05, 0.1) is 0 Å². The lowest BCUT2D eigenvalue weighted by atomic mass is 9.79. The Balaban J connectivity index is 2.03. The third kappa shape index (κ3) is 1.57. The summed E-state index contributed by atoms with van der Waals surface area (Å²) in [6.45, 7) is 6.96. The van der Waals surface area contributed by atoms with Crippen LogP contribution in [0.25, 0.3) is 0 Å². The van der Waals surface area contributed by atoms with Gasteiger partial charge in [-0.15, -0.1) is 0 Å². The van der Waals surface area contributed by atoms with Gasteiger partial charge in [-0.05, 0) is 30.7 Å². The number of benzene rings is 1. The molecule has 1 aliphatic heterocycles. The highest BCUT2D eigenvalue weighted by Gasteiger charge is 2.36. The van der Waals surface area contributed by atoms with Gasteiger partial charge in [-0.1, -0.05) is 13.8 Å². The molecule has 0 unspecified atom stereocenters. The average molecular weight is 190 g/mol. The Kier molecular flexibility index (Phi) is 2.14. The first-order chi connectivity index (χ1) is 6.63. The van der Waals surface area contributed by atoms with E-state index in [1.165, 1.54) is 25.2 Å². The van der Waals surface area contributed by atoms with E-state index in [0.29, 0.717) is 5.41 Å². The van der Waals surface area contributed by atoms with Crippen molar-refractivity contribution in [2.24, 2.45) is 5.41 Å². The largest absolute Gasteiger partial charge is 0.399 e. The molecule has 1 aliphatic rings. The number of hydrogen-bond donors (Lipinski definition) is 1. The van der Waals surface area contributed by atoms with E-state index < -0.39 is 0 Å². The second-order valence-corrected chi connectivity index (χ2v) is 4.61. The molecule has 0 amide bonds. The molecule has 1 aromatic rings. The normalized spacial score (nSPS) is 19.1. The molecule has 0 aromatic heterocycles. The van der Waals surface area contributed by atoms with E-state index in [1.54, 1.807) is 0 Å². The van der Waals surface area contributed by atoms with Crippen LogP contribution in [0.4, 0.5) is 11.4 Å². The molecule has 76 valence electrons. The number of rotatable bonds is 2. The van der Waals surface area contributed by atoms with Crippen molar-refractivity contribution >= 4 is 11.4 Å². The highest BCUT2D eigenvalue weighted by Crippen LogP contribution is 2.36. The maximum Gasteiger partial charge on any atom is 0.0368 e. The van der Waals surface area contributed by atoms with Crippen LogP contribution in [0, 0.1) is 5.41 Å². The molecule has 0 bridgehead atoms. The molecule has 2 N–H and O–H groups in total. The number of nitrogens with two attached hydrogens (primary N) is 1. The van der Waals surface area contributed by atoms with Gasteiger partial charge in [0.2, 0.25) is 0 Å². The number of anilines is 2. The van der Waals surface area contributed by atoms with Crippen molar-refractivity contribution in [3.63, 3.8) is 0 Å². The first-order valence-corrected chi connectivity index (χ1v) is 5.23. The Bertz CT molecular complexity index is 310. The molecule has 0 radical (unpaired) electrons. The summed E-state index contributed by atoms with van der Waals surface area (Å²) in [5, 5.41) is 0. The third-order valence-corrected chi connectivity index (χ3v) is 3.26. The minimum atomic E-state index is 0.529. The molecule has 2 heteroatoms. The molecule has 14 heavy (non-hydrogen) atoms. The van der Waals surface area contributed by atoms with Crippen LogP contribution in [0.5, 0.6) is 0 Å². The Labute approximate surface area is 85.7 Å². The minimum absolute atomic E-state index is 0.529. The highest BCUT2D eigenvalue weighted by atomic mass is 15.2. The molecule has 0 atom stereocenters. The number of hydrogen-bond acceptors (Lipinski definition) is 2.